The maximum atomic E-state index is 11.0. The fraction of sp³-hybridized carbons (Fsp3) is 0.851. The van der Waals surface area contributed by atoms with Crippen LogP contribution in [0.4, 0.5) is 0 Å². The molecule has 0 spiro atoms. The fourth-order valence-corrected chi connectivity index (χ4v) is 3.66. The quantitative estimate of drug-likeness (QED) is 0.0470. The van der Waals surface area contributed by atoms with Gasteiger partial charge in [-0.2, -0.15) is 30.6 Å². The second-order valence-electron chi connectivity index (χ2n) is 26.3. The van der Waals surface area contributed by atoms with Crippen molar-refractivity contribution in [1.29, 1.82) is 5.41 Å². The third-order valence-electron chi connectivity index (χ3n) is 7.52. The van der Waals surface area contributed by atoms with Gasteiger partial charge in [0.05, 0.1) is 12.2 Å². The van der Waals surface area contributed by atoms with E-state index in [1.165, 1.54) is 144 Å². The van der Waals surface area contributed by atoms with Gasteiger partial charge in [-0.15, -0.1) is 9.53 Å². The summed E-state index contributed by atoms with van der Waals surface area (Å²) in [6, 6.07) is 10.3. The molecule has 22 heteroatoms. The van der Waals surface area contributed by atoms with E-state index in [-0.39, 0.29) is 50.6 Å². The van der Waals surface area contributed by atoms with Crippen LogP contribution in [0.5, 0.6) is 0 Å². The summed E-state index contributed by atoms with van der Waals surface area (Å²) in [5.41, 5.74) is 4.67. The molecule has 1 aromatic rings. The Kier molecular flexibility index (Phi) is 284. The highest BCUT2D eigenvalue weighted by Crippen LogP contribution is 2.16. The summed E-state index contributed by atoms with van der Waals surface area (Å²) >= 11 is 1.75. The lowest BCUT2D eigenvalue weighted by Gasteiger charge is -2.40. The molecule has 2 fully saturated rings. The standard InChI is InChI=1S/C7H8.C6H12.C6H10.C6H12.C5H13NO.C5H10.C5H12.C4H13NO2S.C4H12Si.C3H9N.C3H8O2.C3H6O.2C2H7N.C2H6O2S.C2H6O.C2H6S.7C2H6.CHNO.CO2.4CH4.2H2/c1-7-5-3-2-4-6-7;2*1-2-4-6-5-3-1;1-5(2)6(3)4;1-5(2)7-6(3)4;1-2-4-5-3-1;1-5(2,3)4;1-5(2)8(3,4,6)7;1-5(2,3)4;1-4(2)3;1-3(2)5-4;1-3(2)4;2*1-3-2;1-5(2,3)4;2*1-3-2;7*1-2;2*2-1-3;;;;;;/h2-6H,1H3;1-6H2;1-2H,3-6H2;1-4H3;5H,1-4H3;1-5H2;1-4H3;1-4H3,(H,6,7);1-4H3;1-3H3;3-4H,1-2H3;1-2H3;2*3H,1-2H3;1-2H3;2*1-2H3;7*1-2H3;2H;;4*1H4;2*1H. The summed E-state index contributed by atoms with van der Waals surface area (Å²) in [7, 11) is 17.0. The molecule has 0 aromatic heterocycles. The van der Waals surface area contributed by atoms with Crippen molar-refractivity contribution in [1.82, 2.24) is 24.9 Å². The first kappa shape index (κ1) is 183. The Morgan fingerprint density at radius 2 is 0.697 bits per heavy atom. The minimum atomic E-state index is -3.38. The average molecular weight is 1670 g/mol. The van der Waals surface area contributed by atoms with Gasteiger partial charge >= 0.3 is 6.15 Å². The Morgan fingerprint density at radius 3 is 0.734 bits per heavy atom. The first-order chi connectivity index (χ1) is 48.1. The second-order valence-corrected chi connectivity index (χ2v) is 39.6. The molecule has 0 atom stereocenters. The van der Waals surface area contributed by atoms with Gasteiger partial charge in [0, 0.05) is 78.4 Å². The van der Waals surface area contributed by atoms with Crippen molar-refractivity contribution in [2.75, 3.05) is 129 Å². The van der Waals surface area contributed by atoms with Gasteiger partial charge in [0.1, 0.15) is 15.6 Å². The van der Waals surface area contributed by atoms with Gasteiger partial charge in [-0.25, -0.2) is 27.8 Å². The van der Waals surface area contributed by atoms with Crippen LogP contribution >= 0.6 is 11.8 Å². The van der Waals surface area contributed by atoms with Crippen LogP contribution in [0.3, 0.4) is 0 Å². The van der Waals surface area contributed by atoms with Crippen LogP contribution in [0, 0.1) is 17.7 Å². The van der Waals surface area contributed by atoms with Gasteiger partial charge in [0.15, 0.2) is 0 Å². The molecule has 0 heterocycles. The SMILES string of the molecule is C.C.C.C.C1=CCCCC1.C1CCCC1.C1CCCCC1.CC.CC.CC.CC.CC.CC.CC.CC(C)(C)C.CC(C)=C(C)C.CC(C)=O.CC(C)ON(C)C.CC(C)OO.CN(C)C.CN(C)S(C)(C)(=O)O.CNC.CNC.COC.CS(C)(=O)=O.CSC.C[Si](C)(C)C.Cc1ccccc1.N=C=O.O=C=O.[HH].[HH]. The van der Waals surface area contributed by atoms with Crippen molar-refractivity contribution >= 4 is 57.2 Å². The molecule has 4 rings (SSSR count). The minimum Gasteiger partial charge on any atom is -0.388 e. The number of ether oxygens (including phenoxy) is 1. The number of hydrogen-bond donors (Lipinski definition) is 5. The van der Waals surface area contributed by atoms with Gasteiger partial charge in [-0.3, -0.25) is 14.6 Å². The Bertz CT molecular complexity index is 1700. The predicted octanol–water partition coefficient (Wildman–Crippen LogP) is 27.4. The molecular weight excluding hydrogens is 1450 g/mol. The molecule has 0 unspecified atom stereocenters. The molecule has 5 N–H and O–H groups in total. The molecule has 3 aliphatic carbocycles. The van der Waals surface area contributed by atoms with E-state index in [0.717, 1.165) is 18.6 Å². The number of methoxy groups -OCH3 is 1. The molecule has 0 bridgehead atoms. The zero-order valence-electron chi connectivity index (χ0n) is 80.8. The van der Waals surface area contributed by atoms with E-state index in [1.807, 2.05) is 210 Å². The Morgan fingerprint density at radius 1 is 0.569 bits per heavy atom. The normalized spacial score (nSPS) is 10.5. The smallest absolute Gasteiger partial charge is 0.373 e. The molecule has 0 amide bonds. The van der Waals surface area contributed by atoms with Crippen molar-refractivity contribution in [2.24, 2.45) is 5.41 Å². The van der Waals surface area contributed by atoms with E-state index in [4.69, 9.17) is 34.4 Å². The van der Waals surface area contributed by atoms with Crippen LogP contribution in [0.1, 0.15) is 328 Å². The fourth-order valence-electron chi connectivity index (χ4n) is 3.66. The van der Waals surface area contributed by atoms with Crippen molar-refractivity contribution in [3.05, 3.63) is 59.2 Å². The van der Waals surface area contributed by atoms with Crippen LogP contribution in [-0.4, -0.2) is 204 Å². The number of hydrogen-bond acceptors (Lipinski definition) is 17. The first-order valence-corrected chi connectivity index (χ1v) is 48.9. The number of nitrogens with one attached hydrogen (secondary N) is 3. The summed E-state index contributed by atoms with van der Waals surface area (Å²) in [4.78, 5) is 44.9. The minimum absolute atomic E-state index is 0. The van der Waals surface area contributed by atoms with Crippen molar-refractivity contribution < 1.29 is 58.9 Å². The summed E-state index contributed by atoms with van der Waals surface area (Å²) in [5.74, 6) is 0.167. The monoisotopic (exact) mass is 1670 g/mol. The van der Waals surface area contributed by atoms with E-state index in [2.05, 4.69) is 133 Å². The number of hydroxylamine groups is 2. The maximum absolute atomic E-state index is 11.0. The Labute approximate surface area is 701 Å². The van der Waals surface area contributed by atoms with Gasteiger partial charge in [0.2, 0.25) is 6.08 Å². The maximum Gasteiger partial charge on any atom is 0.373 e. The van der Waals surface area contributed by atoms with E-state index >= 15 is 0 Å². The predicted molar refractivity (Wildman–Crippen MR) is 522 cm³/mol. The van der Waals surface area contributed by atoms with Gasteiger partial charge < -0.3 is 25.1 Å². The topological polar surface area (TPSA) is 245 Å². The molecule has 18 nitrogen and oxygen atoms in total. The lowest BCUT2D eigenvalue weighted by molar-refractivity contribution is -0.269. The van der Waals surface area contributed by atoms with E-state index in [9.17, 15) is 17.4 Å². The third-order valence-corrected chi connectivity index (χ3v) is 9.61. The number of Topliss-reactive ketones (excluding diaryl/α,β-unsaturated/α-hetero) is 1. The molecule has 692 valence electrons. The van der Waals surface area contributed by atoms with Crippen LogP contribution in [-0.2, 0) is 53.0 Å². The lowest BCUT2D eigenvalue weighted by atomic mass is 10.0. The summed E-state index contributed by atoms with van der Waals surface area (Å²) < 4.78 is 44.8. The van der Waals surface area contributed by atoms with Crippen LogP contribution in [0.15, 0.2) is 53.6 Å². The number of benzene rings is 1. The molecule has 109 heavy (non-hydrogen) atoms. The number of thioether (sulfide) groups is 1. The summed E-state index contributed by atoms with van der Waals surface area (Å²) in [5, 5.41) is 20.2. The number of aryl methyl sites for hydroxylation is 1. The highest BCUT2D eigenvalue weighted by atomic mass is 32.3. The number of allylic oxidation sites excluding steroid dienone is 4. The first-order valence-electron chi connectivity index (χ1n) is 38.3. The number of rotatable bonds is 4. The summed E-state index contributed by atoms with van der Waals surface area (Å²) in [6.07, 6.45) is 36.8. The van der Waals surface area contributed by atoms with Gasteiger partial charge in [-0.05, 0) is 169 Å². The van der Waals surface area contributed by atoms with E-state index in [0.29, 0.717) is 11.5 Å². The van der Waals surface area contributed by atoms with Gasteiger partial charge in [0.25, 0.3) is 0 Å². The van der Waals surface area contributed by atoms with E-state index in [1.54, 1.807) is 59.0 Å². The average Bonchev–Trinajstić information content (AvgIpc) is 1.07. The number of carbonyl (C=O) groups is 1. The molecule has 0 aliphatic heterocycles. The zero-order chi connectivity index (χ0) is 90.4. The van der Waals surface area contributed by atoms with E-state index < -0.39 is 27.4 Å². The van der Waals surface area contributed by atoms with Crippen molar-refractivity contribution in [3.63, 3.8) is 0 Å². The van der Waals surface area contributed by atoms with Crippen LogP contribution in [0.2, 0.25) is 26.2 Å². The number of nitrogens with zero attached hydrogens (tertiary/aromatic N) is 3. The third kappa shape index (κ3) is 690. The number of sulfone groups is 1. The highest BCUT2D eigenvalue weighted by Gasteiger charge is 2.14. The number of isocyanates is 1. The van der Waals surface area contributed by atoms with Crippen LogP contribution < -0.4 is 10.6 Å². The highest BCUT2D eigenvalue weighted by molar-refractivity contribution is 8.11. The summed E-state index contributed by atoms with van der Waals surface area (Å²) in [6.45, 7) is 67.2. The number of ketones is 1. The largest absolute Gasteiger partial charge is 0.388 e. The molecule has 0 saturated heterocycles. The molecule has 1 aromatic carbocycles. The van der Waals surface area contributed by atoms with Crippen molar-refractivity contribution in [2.45, 2.75) is 365 Å². The number of carbonyl (C=O) groups excluding carboxylic acids is 4. The lowest BCUT2D eigenvalue weighted by Crippen LogP contribution is -2.43. The zero-order valence-corrected chi connectivity index (χ0v) is 84.3. The molecule has 2 saturated carbocycles. The van der Waals surface area contributed by atoms with Crippen LogP contribution in [0.25, 0.3) is 0 Å². The molecule has 3 aliphatic rings. The van der Waals surface area contributed by atoms with Crippen molar-refractivity contribution in [3.8, 4) is 0 Å². The Balaban J connectivity index is -0.0000000250. The second kappa shape index (κ2) is 169. The molecule has 0 radical (unpaired) electrons. The Hall–Kier alpha value is -2.60. The van der Waals surface area contributed by atoms with Gasteiger partial charge in [-0.1, -0.05) is 310 Å². The molecular formula is C87H220N6O12S3Si.